The Morgan fingerprint density at radius 3 is 2.93 bits per heavy atom. The normalized spacial score (nSPS) is 17.1. The van der Waals surface area contributed by atoms with Gasteiger partial charge in [-0.2, -0.15) is 19.1 Å². The molecule has 28 heavy (non-hydrogen) atoms. The molecule has 0 amide bonds. The molecule has 3 rings (SSSR count). The zero-order chi connectivity index (χ0) is 20.5. The number of aryl methyl sites for hydroxylation is 1. The second-order valence-corrected chi connectivity index (χ2v) is 6.95. The van der Waals surface area contributed by atoms with Crippen LogP contribution in [0.1, 0.15) is 24.6 Å². The summed E-state index contributed by atoms with van der Waals surface area (Å²) in [6.07, 6.45) is 4.10. The summed E-state index contributed by atoms with van der Waals surface area (Å²) in [6.45, 7) is 3.29. The summed E-state index contributed by atoms with van der Waals surface area (Å²) < 4.78 is 34.9. The van der Waals surface area contributed by atoms with Crippen molar-refractivity contribution in [2.45, 2.75) is 38.1 Å². The van der Waals surface area contributed by atoms with Gasteiger partial charge in [-0.05, 0) is 38.0 Å². The van der Waals surface area contributed by atoms with E-state index in [0.29, 0.717) is 34.2 Å². The van der Waals surface area contributed by atoms with Gasteiger partial charge in [0.1, 0.15) is 0 Å². The number of benzene rings is 1. The fourth-order valence-corrected chi connectivity index (χ4v) is 3.46. The van der Waals surface area contributed by atoms with E-state index in [1.54, 1.807) is 13.0 Å². The highest BCUT2D eigenvalue weighted by molar-refractivity contribution is 6.22. The van der Waals surface area contributed by atoms with Gasteiger partial charge in [-0.1, -0.05) is 18.2 Å². The van der Waals surface area contributed by atoms with Gasteiger partial charge in [-0.3, -0.25) is 4.68 Å². The van der Waals surface area contributed by atoms with Crippen molar-refractivity contribution in [3.63, 3.8) is 0 Å². The lowest BCUT2D eigenvalue weighted by Gasteiger charge is -2.18. The van der Waals surface area contributed by atoms with Crippen LogP contribution in [0.4, 0.5) is 8.78 Å². The van der Waals surface area contributed by atoms with Crippen molar-refractivity contribution in [1.82, 2.24) is 9.78 Å². The Bertz CT molecular complexity index is 1030. The highest BCUT2D eigenvalue weighted by atomic mass is 35.5. The van der Waals surface area contributed by atoms with E-state index in [-0.39, 0.29) is 18.5 Å². The molecule has 1 unspecified atom stereocenters. The minimum Gasteiger partial charge on any atom is -0.461 e. The summed E-state index contributed by atoms with van der Waals surface area (Å²) in [7, 11) is 0. The Hall–Kier alpha value is -2.72. The molecule has 1 atom stereocenters. The van der Waals surface area contributed by atoms with Gasteiger partial charge in [0, 0.05) is 10.9 Å². The molecule has 1 aromatic carbocycles. The maximum Gasteiger partial charge on any atom is 0.381 e. The number of alkyl halides is 3. The maximum absolute atomic E-state index is 14.5. The number of esters is 1. The van der Waals surface area contributed by atoms with Crippen molar-refractivity contribution in [2.75, 3.05) is 6.61 Å². The smallest absolute Gasteiger partial charge is 0.381 e. The number of hydrogen-bond acceptors (Lipinski definition) is 4. The van der Waals surface area contributed by atoms with E-state index in [0.717, 1.165) is 0 Å². The summed E-state index contributed by atoms with van der Waals surface area (Å²) >= 11 is 6.36. The highest BCUT2D eigenvalue weighted by Gasteiger charge is 2.43. The molecule has 0 radical (unpaired) electrons. The molecule has 0 spiro atoms. The molecule has 8 heteroatoms. The molecule has 0 saturated carbocycles. The van der Waals surface area contributed by atoms with Crippen LogP contribution in [-0.2, 0) is 22.0 Å². The lowest BCUT2D eigenvalue weighted by Crippen LogP contribution is -2.28. The molecule has 0 saturated heterocycles. The zero-order valence-electron chi connectivity index (χ0n) is 15.4. The topological polar surface area (TPSA) is 67.9 Å². The quantitative estimate of drug-likeness (QED) is 0.546. The Morgan fingerprint density at radius 2 is 2.25 bits per heavy atom. The molecule has 146 valence electrons. The number of hydrogen-bond donors (Lipinski definition) is 0. The number of rotatable bonds is 5. The summed E-state index contributed by atoms with van der Waals surface area (Å²) in [5, 5.41) is 14.1. The van der Waals surface area contributed by atoms with Crippen LogP contribution in [0.2, 0.25) is 0 Å². The summed E-state index contributed by atoms with van der Waals surface area (Å²) in [5.74, 6) is -5.36. The van der Waals surface area contributed by atoms with Gasteiger partial charge < -0.3 is 4.74 Å². The number of aromatic nitrogens is 2. The lowest BCUT2D eigenvalue weighted by molar-refractivity contribution is -0.173. The van der Waals surface area contributed by atoms with Crippen LogP contribution in [0.15, 0.2) is 41.5 Å². The van der Waals surface area contributed by atoms with Crippen LogP contribution >= 0.6 is 11.6 Å². The SMILES string of the molecule is CCOC(=O)C(F)(F)c1ccc2c(C)nn(CC3=C(C#N)C=CCC3Cl)c2c1. The van der Waals surface area contributed by atoms with Gasteiger partial charge in [-0.25, -0.2) is 4.79 Å². The second kappa shape index (κ2) is 7.72. The summed E-state index contributed by atoms with van der Waals surface area (Å²) in [4.78, 5) is 11.7. The Labute approximate surface area is 165 Å². The maximum atomic E-state index is 14.5. The molecule has 1 aromatic heterocycles. The Morgan fingerprint density at radius 1 is 1.50 bits per heavy atom. The monoisotopic (exact) mass is 405 g/mol. The molecule has 1 aliphatic rings. The molecule has 1 heterocycles. The van der Waals surface area contributed by atoms with Crippen LogP contribution in [-0.4, -0.2) is 27.7 Å². The van der Waals surface area contributed by atoms with Gasteiger partial charge >= 0.3 is 11.9 Å². The third kappa shape index (κ3) is 3.52. The van der Waals surface area contributed by atoms with Crippen LogP contribution in [0.5, 0.6) is 0 Å². The van der Waals surface area contributed by atoms with Crippen molar-refractivity contribution in [3.8, 4) is 6.07 Å². The number of halogens is 3. The first-order valence-corrected chi connectivity index (χ1v) is 9.19. The number of carbonyl (C=O) groups excluding carboxylic acids is 1. The largest absolute Gasteiger partial charge is 0.461 e. The molecule has 0 aliphatic heterocycles. The third-order valence-electron chi connectivity index (χ3n) is 4.62. The van der Waals surface area contributed by atoms with E-state index in [1.165, 1.54) is 29.8 Å². The number of ether oxygens (including phenoxy) is 1. The van der Waals surface area contributed by atoms with Gasteiger partial charge in [0.05, 0.1) is 41.4 Å². The van der Waals surface area contributed by atoms with Gasteiger partial charge in [0.15, 0.2) is 0 Å². The number of carbonyl (C=O) groups is 1. The molecule has 5 nitrogen and oxygen atoms in total. The van der Waals surface area contributed by atoms with E-state index in [1.807, 2.05) is 6.08 Å². The molecule has 2 aromatic rings. The molecule has 0 N–H and O–H groups in total. The van der Waals surface area contributed by atoms with Gasteiger partial charge in [0.25, 0.3) is 0 Å². The predicted molar refractivity (Wildman–Crippen MR) is 101 cm³/mol. The average molecular weight is 406 g/mol. The van der Waals surface area contributed by atoms with E-state index in [9.17, 15) is 18.8 Å². The first-order chi connectivity index (χ1) is 13.3. The van der Waals surface area contributed by atoms with Crippen molar-refractivity contribution < 1.29 is 18.3 Å². The average Bonchev–Trinajstić information content (AvgIpc) is 2.98. The Balaban J connectivity index is 2.08. The highest BCUT2D eigenvalue weighted by Crippen LogP contribution is 2.33. The van der Waals surface area contributed by atoms with Crippen LogP contribution in [0, 0.1) is 18.3 Å². The van der Waals surface area contributed by atoms with Crippen LogP contribution in [0.25, 0.3) is 10.9 Å². The molecular weight excluding hydrogens is 388 g/mol. The number of allylic oxidation sites excluding steroid dienone is 4. The zero-order valence-corrected chi connectivity index (χ0v) is 16.1. The van der Waals surface area contributed by atoms with E-state index in [2.05, 4.69) is 15.9 Å². The van der Waals surface area contributed by atoms with E-state index < -0.39 is 17.5 Å². The molecular formula is C20H18ClF2N3O2. The van der Waals surface area contributed by atoms with Crippen molar-refractivity contribution in [2.24, 2.45) is 0 Å². The summed E-state index contributed by atoms with van der Waals surface area (Å²) in [5.41, 5.74) is 1.74. The number of nitrogens with zero attached hydrogens (tertiary/aromatic N) is 3. The number of fused-ring (bicyclic) bond motifs is 1. The third-order valence-corrected chi connectivity index (χ3v) is 5.06. The van der Waals surface area contributed by atoms with E-state index in [4.69, 9.17) is 11.6 Å². The lowest BCUT2D eigenvalue weighted by atomic mass is 9.97. The van der Waals surface area contributed by atoms with Crippen LogP contribution in [0.3, 0.4) is 0 Å². The fourth-order valence-electron chi connectivity index (χ4n) is 3.17. The standard InChI is InChI=1S/C20H18ClF2N3O2/c1-3-28-19(27)20(22,23)14-7-8-15-12(2)25-26(18(15)9-14)11-16-13(10-24)5-4-6-17(16)21/h4-5,7-9,17H,3,6,11H2,1-2H3. The van der Waals surface area contributed by atoms with E-state index >= 15 is 0 Å². The number of nitriles is 1. The predicted octanol–water partition coefficient (Wildman–Crippen LogP) is 4.39. The fraction of sp³-hybridized carbons (Fsp3) is 0.350. The summed E-state index contributed by atoms with van der Waals surface area (Å²) in [6, 6.07) is 6.06. The molecule has 0 fully saturated rings. The van der Waals surface area contributed by atoms with Crippen molar-refractivity contribution >= 4 is 28.5 Å². The molecule has 0 bridgehead atoms. The molecule has 1 aliphatic carbocycles. The minimum atomic E-state index is -3.77. The Kier molecular flexibility index (Phi) is 5.52. The van der Waals surface area contributed by atoms with Gasteiger partial charge in [-0.15, -0.1) is 11.6 Å². The first kappa shape index (κ1) is 20.0. The minimum absolute atomic E-state index is 0.135. The second-order valence-electron chi connectivity index (χ2n) is 6.43. The van der Waals surface area contributed by atoms with Crippen molar-refractivity contribution in [1.29, 1.82) is 5.26 Å². The first-order valence-electron chi connectivity index (χ1n) is 8.76. The van der Waals surface area contributed by atoms with Gasteiger partial charge in [0.2, 0.25) is 0 Å². The van der Waals surface area contributed by atoms with Crippen LogP contribution < -0.4 is 0 Å². The van der Waals surface area contributed by atoms with Crippen molar-refractivity contribution in [3.05, 3.63) is 52.8 Å².